The van der Waals surface area contributed by atoms with E-state index in [2.05, 4.69) is 26.9 Å². The van der Waals surface area contributed by atoms with Gasteiger partial charge in [0.2, 0.25) is 5.91 Å². The Bertz CT molecular complexity index is 146. The highest BCUT2D eigenvalue weighted by molar-refractivity contribution is 5.77. The number of nitrogens with two attached hydrogens (primary N) is 1. The van der Waals surface area contributed by atoms with Gasteiger partial charge in [0, 0.05) is 0 Å². The summed E-state index contributed by atoms with van der Waals surface area (Å²) in [5.41, 5.74) is 4.55. The number of hydrogen-bond acceptors (Lipinski definition) is 3. The van der Waals surface area contributed by atoms with Gasteiger partial charge in [-0.05, 0) is 6.92 Å². The summed E-state index contributed by atoms with van der Waals surface area (Å²) in [6.07, 6.45) is -1.01. The van der Waals surface area contributed by atoms with Crippen LogP contribution in [-0.2, 0) is 4.79 Å². The van der Waals surface area contributed by atoms with E-state index in [0.717, 1.165) is 11.0 Å². The lowest BCUT2D eigenvalue weighted by molar-refractivity contribution is -0.870. The van der Waals surface area contributed by atoms with Crippen molar-refractivity contribution in [2.75, 3.05) is 34.3 Å². The molecule has 0 aromatic carbocycles. The van der Waals surface area contributed by atoms with Gasteiger partial charge in [0.25, 0.3) is 0 Å². The lowest BCUT2D eigenvalue weighted by Gasteiger charge is -2.21. The largest absolute Gasteiger partial charge is 1.00 e. The minimum atomic E-state index is -1.01. The first-order chi connectivity index (χ1) is 5.70. The first-order valence-corrected chi connectivity index (χ1v) is 4.09. The fraction of sp³-hybridized carbons (Fsp3) is 0.875. The highest BCUT2D eigenvalue weighted by atomic mass is 35.5. The van der Waals surface area contributed by atoms with E-state index in [9.17, 15) is 4.79 Å². The molecule has 0 aliphatic rings. The van der Waals surface area contributed by atoms with Gasteiger partial charge in [0.15, 0.2) is 0 Å². The van der Waals surface area contributed by atoms with Crippen molar-refractivity contribution < 1.29 is 31.9 Å². The monoisotopic (exact) mass is 228 g/mol. The summed E-state index contributed by atoms with van der Waals surface area (Å²) in [5.74, 6) is -0.685. The summed E-state index contributed by atoms with van der Waals surface area (Å²) in [6, 6.07) is 0. The van der Waals surface area contributed by atoms with Crippen LogP contribution in [0.1, 0.15) is 6.92 Å². The molecule has 0 aliphatic heterocycles. The number of halogens is 1. The van der Waals surface area contributed by atoms with Crippen LogP contribution in [0.3, 0.4) is 0 Å². The molecule has 0 aromatic rings. The Labute approximate surface area is 91.5 Å². The third kappa shape index (κ3) is 22.6. The number of amides is 1. The van der Waals surface area contributed by atoms with E-state index in [-0.39, 0.29) is 19.0 Å². The molecule has 0 fully saturated rings. The second-order valence-electron chi connectivity index (χ2n) is 3.82. The summed E-state index contributed by atoms with van der Waals surface area (Å²) in [5, 5.41) is 16.5. The Morgan fingerprint density at radius 2 is 1.71 bits per heavy atom. The zero-order valence-corrected chi connectivity index (χ0v) is 9.95. The molecule has 5 nitrogen and oxygen atoms in total. The van der Waals surface area contributed by atoms with Crippen molar-refractivity contribution in [1.29, 1.82) is 0 Å². The summed E-state index contributed by atoms with van der Waals surface area (Å²) in [4.78, 5) is 9.67. The van der Waals surface area contributed by atoms with Crippen LogP contribution >= 0.6 is 0 Å². The molecule has 0 radical (unpaired) electrons. The van der Waals surface area contributed by atoms with Gasteiger partial charge in [-0.15, -0.1) is 0 Å². The Kier molecular flexibility index (Phi) is 12.7. The van der Waals surface area contributed by atoms with Crippen LogP contribution in [0.4, 0.5) is 0 Å². The predicted octanol–water partition coefficient (Wildman–Crippen LogP) is -4.46. The highest BCUT2D eigenvalue weighted by Crippen LogP contribution is 1.84. The molecule has 14 heavy (non-hydrogen) atoms. The molecule has 0 heterocycles. The number of aliphatic hydroxyl groups is 2. The van der Waals surface area contributed by atoms with Crippen molar-refractivity contribution in [2.24, 2.45) is 5.73 Å². The Morgan fingerprint density at radius 3 is 1.71 bits per heavy atom. The number of aliphatic hydroxyl groups excluding tert-OH is 2. The normalized spacial score (nSPS) is 11.9. The molecule has 0 aromatic heterocycles. The SMILES string of the molecule is CC(O)C(N)=O.C[N+](C)(C)CCO.[Cl-]. The molecule has 0 aliphatic carbocycles. The van der Waals surface area contributed by atoms with E-state index >= 15 is 0 Å². The molecule has 0 rings (SSSR count). The van der Waals surface area contributed by atoms with Gasteiger partial charge in [-0.3, -0.25) is 4.79 Å². The van der Waals surface area contributed by atoms with E-state index < -0.39 is 12.0 Å². The lowest BCUT2D eigenvalue weighted by Crippen LogP contribution is -3.00. The van der Waals surface area contributed by atoms with Gasteiger partial charge in [-0.2, -0.15) is 0 Å². The molecule has 1 unspecified atom stereocenters. The molecule has 4 N–H and O–H groups in total. The van der Waals surface area contributed by atoms with Crippen molar-refractivity contribution in [3.05, 3.63) is 0 Å². The number of carbonyl (C=O) groups is 1. The first-order valence-electron chi connectivity index (χ1n) is 4.09. The van der Waals surface area contributed by atoms with E-state index in [1.54, 1.807) is 0 Å². The van der Waals surface area contributed by atoms with Gasteiger partial charge < -0.3 is 32.8 Å². The molecular formula is C8H21ClN2O3. The average molecular weight is 229 g/mol. The maximum Gasteiger partial charge on any atom is 0.245 e. The Hall–Kier alpha value is -0.360. The summed E-state index contributed by atoms with van der Waals surface area (Å²) < 4.78 is 0.844. The number of likely N-dealkylation sites (N-methyl/N-ethyl adjacent to an activating group) is 1. The van der Waals surface area contributed by atoms with Crippen molar-refractivity contribution in [2.45, 2.75) is 13.0 Å². The van der Waals surface area contributed by atoms with Crippen LogP contribution in [0.2, 0.25) is 0 Å². The van der Waals surface area contributed by atoms with Gasteiger partial charge in [0.1, 0.15) is 12.6 Å². The molecule has 88 valence electrons. The van der Waals surface area contributed by atoms with Crippen molar-refractivity contribution in [3.63, 3.8) is 0 Å². The van der Waals surface area contributed by atoms with Gasteiger partial charge in [-0.1, -0.05) is 0 Å². The summed E-state index contributed by atoms with van der Waals surface area (Å²) in [6.45, 7) is 2.44. The Morgan fingerprint density at radius 1 is 1.43 bits per heavy atom. The minimum Gasteiger partial charge on any atom is -1.00 e. The molecule has 0 bridgehead atoms. The van der Waals surface area contributed by atoms with Crippen molar-refractivity contribution in [1.82, 2.24) is 0 Å². The zero-order valence-electron chi connectivity index (χ0n) is 9.20. The van der Waals surface area contributed by atoms with E-state index in [1.165, 1.54) is 6.92 Å². The van der Waals surface area contributed by atoms with Crippen molar-refractivity contribution >= 4 is 5.91 Å². The van der Waals surface area contributed by atoms with Gasteiger partial charge in [-0.25, -0.2) is 0 Å². The van der Waals surface area contributed by atoms with Crippen LogP contribution in [0.25, 0.3) is 0 Å². The summed E-state index contributed by atoms with van der Waals surface area (Å²) >= 11 is 0. The molecule has 0 saturated carbocycles. The minimum absolute atomic E-state index is 0. The fourth-order valence-electron chi connectivity index (χ4n) is 0.300. The third-order valence-electron chi connectivity index (χ3n) is 1.18. The van der Waals surface area contributed by atoms with E-state index in [0.29, 0.717) is 0 Å². The average Bonchev–Trinajstić information content (AvgIpc) is 1.85. The standard InChI is InChI=1S/C5H14NO.C3H7NO2.ClH/c1-6(2,3)4-5-7;1-2(5)3(4)6;/h7H,4-5H2,1-3H3;2,5H,1H3,(H2,4,6);1H/q+1;;/p-1. The van der Waals surface area contributed by atoms with Crippen LogP contribution in [0.5, 0.6) is 0 Å². The Balaban J connectivity index is -0.000000163. The predicted molar refractivity (Wildman–Crippen MR) is 50.9 cm³/mol. The maximum absolute atomic E-state index is 9.67. The number of carbonyl (C=O) groups excluding carboxylic acids is 1. The zero-order chi connectivity index (χ0) is 11.1. The molecule has 1 atom stereocenters. The maximum atomic E-state index is 9.67. The molecule has 0 saturated heterocycles. The number of rotatable bonds is 3. The van der Waals surface area contributed by atoms with E-state index in [4.69, 9.17) is 10.2 Å². The third-order valence-corrected chi connectivity index (χ3v) is 1.18. The second-order valence-corrected chi connectivity index (χ2v) is 3.82. The molecule has 6 heteroatoms. The highest BCUT2D eigenvalue weighted by Gasteiger charge is 2.02. The molecule has 1 amide bonds. The first kappa shape index (κ1) is 19.2. The van der Waals surface area contributed by atoms with Gasteiger partial charge in [0.05, 0.1) is 27.7 Å². The van der Waals surface area contributed by atoms with Crippen LogP contribution in [0.15, 0.2) is 0 Å². The number of quaternary nitrogens is 1. The van der Waals surface area contributed by atoms with Crippen LogP contribution in [-0.4, -0.2) is 61.0 Å². The lowest BCUT2D eigenvalue weighted by atomic mass is 10.4. The quantitative estimate of drug-likeness (QED) is 0.426. The molecular weight excluding hydrogens is 208 g/mol. The summed E-state index contributed by atoms with van der Waals surface area (Å²) in [7, 11) is 6.16. The fourth-order valence-corrected chi connectivity index (χ4v) is 0.300. The topological polar surface area (TPSA) is 83.5 Å². The smallest absolute Gasteiger partial charge is 0.245 e. The van der Waals surface area contributed by atoms with E-state index in [1.807, 2.05) is 0 Å². The number of hydrogen-bond donors (Lipinski definition) is 3. The number of primary amides is 1. The van der Waals surface area contributed by atoms with Crippen LogP contribution < -0.4 is 18.1 Å². The van der Waals surface area contributed by atoms with Gasteiger partial charge >= 0.3 is 0 Å². The second kappa shape index (κ2) is 9.21. The number of nitrogens with zero attached hydrogens (tertiary/aromatic N) is 1. The van der Waals surface area contributed by atoms with Crippen molar-refractivity contribution in [3.8, 4) is 0 Å². The van der Waals surface area contributed by atoms with Crippen LogP contribution in [0, 0.1) is 0 Å². The molecule has 0 spiro atoms.